The average molecular weight is 381 g/mol. The predicted molar refractivity (Wildman–Crippen MR) is 92.0 cm³/mol. The van der Waals surface area contributed by atoms with Gasteiger partial charge in [-0.15, -0.1) is 0 Å². The first-order valence-corrected chi connectivity index (χ1v) is 9.77. The monoisotopic (exact) mass is 381 g/mol. The number of ketones is 1. The van der Waals surface area contributed by atoms with Crippen molar-refractivity contribution in [2.45, 2.75) is 35.6 Å². The molecule has 0 aliphatic heterocycles. The first kappa shape index (κ1) is 18.5. The molecule has 1 unspecified atom stereocenters. The Morgan fingerprint density at radius 2 is 1.96 bits per heavy atom. The van der Waals surface area contributed by atoms with Crippen molar-refractivity contribution >= 4 is 21.6 Å². The van der Waals surface area contributed by atoms with Crippen LogP contribution in [0.15, 0.2) is 39.8 Å². The fourth-order valence-electron chi connectivity index (χ4n) is 3.16. The van der Waals surface area contributed by atoms with E-state index >= 15 is 4.39 Å². The summed E-state index contributed by atoms with van der Waals surface area (Å²) in [5.41, 5.74) is 0. The Morgan fingerprint density at radius 3 is 2.54 bits per heavy atom. The molecule has 140 valence electrons. The predicted octanol–water partition coefficient (Wildman–Crippen LogP) is 2.49. The fourth-order valence-corrected chi connectivity index (χ4v) is 4.97. The third-order valence-electron chi connectivity index (χ3n) is 4.56. The zero-order chi connectivity index (χ0) is 18.9. The molecule has 1 saturated carbocycles. The molecule has 1 aliphatic rings. The molecule has 1 heterocycles. The van der Waals surface area contributed by atoms with Gasteiger partial charge in [-0.25, -0.2) is 12.8 Å². The molecule has 0 spiro atoms. The Labute approximate surface area is 151 Å². The van der Waals surface area contributed by atoms with Crippen molar-refractivity contribution in [2.75, 3.05) is 19.0 Å². The van der Waals surface area contributed by atoms with Crippen LogP contribution in [0, 0.1) is 5.92 Å². The van der Waals surface area contributed by atoms with Gasteiger partial charge >= 0.3 is 0 Å². The topological polar surface area (TPSA) is 93.4 Å². The summed E-state index contributed by atoms with van der Waals surface area (Å²) < 4.78 is 47.8. The fraction of sp³-hybridized carbons (Fsp3) is 0.471. The number of aromatic nitrogens is 2. The molecule has 26 heavy (non-hydrogen) atoms. The van der Waals surface area contributed by atoms with Crippen molar-refractivity contribution in [3.8, 4) is 0 Å². The maximum Gasteiger partial charge on any atom is 0.295 e. The van der Waals surface area contributed by atoms with Crippen LogP contribution in [0.2, 0.25) is 0 Å². The molecule has 1 aromatic carbocycles. The lowest BCUT2D eigenvalue weighted by atomic mass is 9.84. The van der Waals surface area contributed by atoms with Gasteiger partial charge in [-0.1, -0.05) is 18.2 Å². The molecule has 1 aliphatic carbocycles. The molecule has 0 N–H and O–H groups in total. The summed E-state index contributed by atoms with van der Waals surface area (Å²) in [5, 5.41) is 0.687. The number of carbonyl (C=O) groups excluding carboxylic acids is 1. The van der Waals surface area contributed by atoms with Crippen LogP contribution in [0.25, 0.3) is 0 Å². The van der Waals surface area contributed by atoms with Crippen molar-refractivity contribution in [3.05, 3.63) is 36.2 Å². The molecule has 2 aromatic rings. The highest BCUT2D eigenvalue weighted by molar-refractivity contribution is 7.92. The normalized spacial score (nSPS) is 20.6. The van der Waals surface area contributed by atoms with Crippen molar-refractivity contribution in [1.82, 2.24) is 10.1 Å². The second-order valence-electron chi connectivity index (χ2n) is 6.59. The number of nitrogens with zero attached hydrogens (tertiary/aromatic N) is 3. The SMILES string of the molecule is CN(C)c1noc(C(F)([C@H]2CCCC(=O)C2)S(=O)(=O)c2ccccc2)n1. The lowest BCUT2D eigenvalue weighted by Crippen LogP contribution is -2.42. The molecule has 3 rings (SSSR count). The molecule has 1 aromatic heterocycles. The van der Waals surface area contributed by atoms with Crippen LogP contribution >= 0.6 is 0 Å². The zero-order valence-corrected chi connectivity index (χ0v) is 15.4. The second-order valence-corrected chi connectivity index (χ2v) is 8.66. The highest BCUT2D eigenvalue weighted by Gasteiger charge is 2.58. The van der Waals surface area contributed by atoms with Gasteiger partial charge in [0.1, 0.15) is 5.78 Å². The van der Waals surface area contributed by atoms with Crippen molar-refractivity contribution in [3.63, 3.8) is 0 Å². The van der Waals surface area contributed by atoms with Gasteiger partial charge in [0, 0.05) is 32.9 Å². The van der Waals surface area contributed by atoms with Gasteiger partial charge in [0.15, 0.2) is 0 Å². The van der Waals surface area contributed by atoms with Gasteiger partial charge in [-0.2, -0.15) is 4.98 Å². The average Bonchev–Trinajstić information content (AvgIpc) is 3.12. The lowest BCUT2D eigenvalue weighted by molar-refractivity contribution is -0.122. The standard InChI is InChI=1S/C17H20FN3O4S/c1-21(2)16-19-15(25-20-16)17(18,12-7-6-8-13(22)11-12)26(23,24)14-9-4-3-5-10-14/h3-5,9-10,12H,6-8,11H2,1-2H3/t12-,17?/m0/s1. The maximum atomic E-state index is 16.4. The van der Waals surface area contributed by atoms with Gasteiger partial charge in [-0.3, -0.25) is 4.79 Å². The Kier molecular flexibility index (Phi) is 4.83. The molecular formula is C17H20FN3O4S. The smallest absolute Gasteiger partial charge is 0.295 e. The third kappa shape index (κ3) is 3.00. The quantitative estimate of drug-likeness (QED) is 0.785. The minimum Gasteiger partial charge on any atom is -0.344 e. The Hall–Kier alpha value is -2.29. The van der Waals surface area contributed by atoms with Crippen LogP contribution in [0.3, 0.4) is 0 Å². The number of sulfone groups is 1. The van der Waals surface area contributed by atoms with E-state index in [1.54, 1.807) is 20.2 Å². The molecule has 1 fully saturated rings. The van der Waals surface area contributed by atoms with Crippen LogP contribution in [0.1, 0.15) is 31.6 Å². The summed E-state index contributed by atoms with van der Waals surface area (Å²) in [6.07, 6.45) is 0.815. The number of hydrogen-bond acceptors (Lipinski definition) is 7. The number of benzene rings is 1. The van der Waals surface area contributed by atoms with Crippen LogP contribution in [-0.4, -0.2) is 38.4 Å². The summed E-state index contributed by atoms with van der Waals surface area (Å²) >= 11 is 0. The summed E-state index contributed by atoms with van der Waals surface area (Å²) in [7, 11) is -1.26. The highest BCUT2D eigenvalue weighted by Crippen LogP contribution is 2.47. The number of alkyl halides is 1. The summed E-state index contributed by atoms with van der Waals surface area (Å²) in [6.45, 7) is 0. The molecule has 9 heteroatoms. The van der Waals surface area contributed by atoms with Gasteiger partial charge in [0.2, 0.25) is 9.84 Å². The Bertz CT molecular complexity index is 898. The summed E-state index contributed by atoms with van der Waals surface area (Å²) in [5.74, 6) is -1.82. The number of anilines is 1. The number of Topliss-reactive ketones (excluding diaryl/α,β-unsaturated/α-hetero) is 1. The summed E-state index contributed by atoms with van der Waals surface area (Å²) in [4.78, 5) is 17.1. The Balaban J connectivity index is 2.16. The molecule has 0 radical (unpaired) electrons. The minimum atomic E-state index is -4.52. The molecule has 0 amide bonds. The second kappa shape index (κ2) is 6.79. The van der Waals surface area contributed by atoms with E-state index < -0.39 is 26.6 Å². The number of hydrogen-bond donors (Lipinski definition) is 0. The molecule has 0 saturated heterocycles. The van der Waals surface area contributed by atoms with Crippen LogP contribution in [-0.2, 0) is 19.6 Å². The number of rotatable bonds is 5. The number of halogens is 1. The molecule has 2 atom stereocenters. The van der Waals surface area contributed by atoms with Gasteiger partial charge in [0.05, 0.1) is 4.90 Å². The van der Waals surface area contributed by atoms with Gasteiger partial charge in [0.25, 0.3) is 16.8 Å². The van der Waals surface area contributed by atoms with E-state index in [0.717, 1.165) is 0 Å². The van der Waals surface area contributed by atoms with E-state index in [0.29, 0.717) is 12.8 Å². The van der Waals surface area contributed by atoms with Crippen LogP contribution < -0.4 is 4.90 Å². The van der Waals surface area contributed by atoms with E-state index in [1.165, 1.54) is 29.2 Å². The Morgan fingerprint density at radius 1 is 1.27 bits per heavy atom. The van der Waals surface area contributed by atoms with E-state index in [1.807, 2.05) is 0 Å². The molecular weight excluding hydrogens is 361 g/mol. The zero-order valence-electron chi connectivity index (χ0n) is 14.6. The van der Waals surface area contributed by atoms with Crippen LogP contribution in [0.4, 0.5) is 10.3 Å². The first-order valence-electron chi connectivity index (χ1n) is 8.28. The van der Waals surface area contributed by atoms with Crippen molar-refractivity contribution < 1.29 is 22.1 Å². The third-order valence-corrected chi connectivity index (χ3v) is 6.74. The van der Waals surface area contributed by atoms with E-state index in [-0.39, 0.29) is 29.5 Å². The van der Waals surface area contributed by atoms with Crippen LogP contribution in [0.5, 0.6) is 0 Å². The van der Waals surface area contributed by atoms with E-state index in [4.69, 9.17) is 4.52 Å². The van der Waals surface area contributed by atoms with Crippen molar-refractivity contribution in [1.29, 1.82) is 0 Å². The molecule has 7 nitrogen and oxygen atoms in total. The van der Waals surface area contributed by atoms with E-state index in [9.17, 15) is 13.2 Å². The van der Waals surface area contributed by atoms with E-state index in [2.05, 4.69) is 10.1 Å². The van der Waals surface area contributed by atoms with Crippen molar-refractivity contribution in [2.24, 2.45) is 5.92 Å². The largest absolute Gasteiger partial charge is 0.344 e. The highest BCUT2D eigenvalue weighted by atomic mass is 32.2. The number of carbonyl (C=O) groups is 1. The van der Waals surface area contributed by atoms with Gasteiger partial charge < -0.3 is 9.42 Å². The maximum absolute atomic E-state index is 16.4. The van der Waals surface area contributed by atoms with Gasteiger partial charge in [-0.05, 0) is 30.1 Å². The molecule has 0 bridgehead atoms. The lowest BCUT2D eigenvalue weighted by Gasteiger charge is -2.32. The minimum absolute atomic E-state index is 0.0624. The summed E-state index contributed by atoms with van der Waals surface area (Å²) in [6, 6.07) is 7.30. The first-order chi connectivity index (χ1) is 12.3.